The van der Waals surface area contributed by atoms with Crippen molar-refractivity contribution in [2.75, 3.05) is 12.4 Å². The smallest absolute Gasteiger partial charge is 0.326 e. The zero-order valence-electron chi connectivity index (χ0n) is 9.20. The maximum absolute atomic E-state index is 11.6. The van der Waals surface area contributed by atoms with E-state index in [4.69, 9.17) is 4.74 Å². The summed E-state index contributed by atoms with van der Waals surface area (Å²) in [5.74, 6) is 0.166. The largest absolute Gasteiger partial charge is 0.465 e. The van der Waals surface area contributed by atoms with Crippen LogP contribution in [0.5, 0.6) is 0 Å². The second-order valence-electron chi connectivity index (χ2n) is 3.14. The fourth-order valence-electron chi connectivity index (χ4n) is 0.954. The van der Waals surface area contributed by atoms with Crippen molar-refractivity contribution in [1.29, 1.82) is 0 Å². The number of Topliss-reactive ketones (excluding diaryl/α,β-unsaturated/α-hetero) is 1. The van der Waals surface area contributed by atoms with Gasteiger partial charge >= 0.3 is 5.97 Å². The molecule has 0 aliphatic carbocycles. The summed E-state index contributed by atoms with van der Waals surface area (Å²) < 4.78 is 4.85. The molecule has 0 aromatic rings. The lowest BCUT2D eigenvalue weighted by Gasteiger charge is -2.14. The van der Waals surface area contributed by atoms with E-state index in [0.29, 0.717) is 6.61 Å². The van der Waals surface area contributed by atoms with Crippen LogP contribution >= 0.6 is 11.8 Å². The molecule has 0 radical (unpaired) electrons. The van der Waals surface area contributed by atoms with Gasteiger partial charge in [-0.15, -0.1) is 11.8 Å². The predicted molar refractivity (Wildman–Crippen MR) is 58.4 cm³/mol. The van der Waals surface area contributed by atoms with Crippen LogP contribution in [0.15, 0.2) is 0 Å². The van der Waals surface area contributed by atoms with Crippen molar-refractivity contribution in [2.45, 2.75) is 32.9 Å². The molecule has 82 valence electrons. The summed E-state index contributed by atoms with van der Waals surface area (Å²) >= 11 is 1.34. The first-order chi connectivity index (χ1) is 6.54. The fourth-order valence-corrected chi connectivity index (χ4v) is 1.93. The van der Waals surface area contributed by atoms with Gasteiger partial charge in [0.2, 0.25) is 0 Å². The van der Waals surface area contributed by atoms with Crippen LogP contribution < -0.4 is 0 Å². The van der Waals surface area contributed by atoms with Gasteiger partial charge in [-0.25, -0.2) is 0 Å². The summed E-state index contributed by atoms with van der Waals surface area (Å²) in [6, 6.07) is 0. The molecule has 0 rings (SSSR count). The predicted octanol–water partition coefficient (Wildman–Crippen LogP) is 1.90. The van der Waals surface area contributed by atoms with Gasteiger partial charge in [-0.2, -0.15) is 0 Å². The second-order valence-corrected chi connectivity index (χ2v) is 4.53. The van der Waals surface area contributed by atoms with Crippen LogP contribution in [-0.2, 0) is 14.3 Å². The third kappa shape index (κ3) is 4.13. The first-order valence-electron chi connectivity index (χ1n) is 4.86. The first-order valence-corrected chi connectivity index (χ1v) is 5.91. The lowest BCUT2D eigenvalue weighted by molar-refractivity contribution is -0.145. The van der Waals surface area contributed by atoms with E-state index in [-0.39, 0.29) is 11.7 Å². The molecule has 0 saturated heterocycles. The lowest BCUT2D eigenvalue weighted by atomic mass is 10.1. The molecule has 3 nitrogen and oxygen atoms in total. The average Bonchev–Trinajstić information content (AvgIpc) is 2.13. The number of carbonyl (C=O) groups is 2. The van der Waals surface area contributed by atoms with Gasteiger partial charge < -0.3 is 4.74 Å². The molecule has 0 saturated carbocycles. The fraction of sp³-hybridized carbons (Fsp3) is 0.800. The SMILES string of the molecule is CCOC(=O)C(SCC)C(=O)C(C)C. The highest BCUT2D eigenvalue weighted by Gasteiger charge is 2.29. The minimum absolute atomic E-state index is 0.0460. The average molecular weight is 218 g/mol. The molecule has 0 aromatic heterocycles. The Morgan fingerprint density at radius 2 is 1.86 bits per heavy atom. The topological polar surface area (TPSA) is 43.4 Å². The highest BCUT2D eigenvalue weighted by molar-refractivity contribution is 8.01. The summed E-state index contributed by atoms with van der Waals surface area (Å²) in [5, 5.41) is -0.639. The molecule has 0 spiro atoms. The van der Waals surface area contributed by atoms with Gasteiger partial charge in [0.1, 0.15) is 0 Å². The molecule has 0 aliphatic heterocycles. The summed E-state index contributed by atoms with van der Waals surface area (Å²) in [5.41, 5.74) is 0. The normalized spacial score (nSPS) is 12.6. The van der Waals surface area contributed by atoms with Crippen LogP contribution in [0.3, 0.4) is 0 Å². The monoisotopic (exact) mass is 218 g/mol. The molecular weight excluding hydrogens is 200 g/mol. The van der Waals surface area contributed by atoms with Crippen LogP contribution in [0.4, 0.5) is 0 Å². The second kappa shape index (κ2) is 6.87. The minimum Gasteiger partial charge on any atom is -0.465 e. The van der Waals surface area contributed by atoms with E-state index in [1.165, 1.54) is 11.8 Å². The number of ether oxygens (including phenoxy) is 1. The molecule has 0 N–H and O–H groups in total. The summed E-state index contributed by atoms with van der Waals surface area (Å²) in [7, 11) is 0. The number of esters is 1. The molecular formula is C10H18O3S. The van der Waals surface area contributed by atoms with E-state index < -0.39 is 11.2 Å². The molecule has 4 heteroatoms. The van der Waals surface area contributed by atoms with Crippen molar-refractivity contribution in [2.24, 2.45) is 5.92 Å². The highest BCUT2D eigenvalue weighted by Crippen LogP contribution is 2.17. The Morgan fingerprint density at radius 3 is 2.21 bits per heavy atom. The van der Waals surface area contributed by atoms with Crippen molar-refractivity contribution in [1.82, 2.24) is 0 Å². The van der Waals surface area contributed by atoms with Crippen molar-refractivity contribution in [3.63, 3.8) is 0 Å². The Morgan fingerprint density at radius 1 is 1.29 bits per heavy atom. The van der Waals surface area contributed by atoms with Gasteiger partial charge in [0, 0.05) is 5.92 Å². The first kappa shape index (κ1) is 13.5. The van der Waals surface area contributed by atoms with Gasteiger partial charge in [0.15, 0.2) is 11.0 Å². The zero-order valence-corrected chi connectivity index (χ0v) is 10.0. The number of carbonyl (C=O) groups excluding carboxylic acids is 2. The number of ketones is 1. The molecule has 0 fully saturated rings. The Hall–Kier alpha value is -0.510. The quantitative estimate of drug-likeness (QED) is 0.504. The van der Waals surface area contributed by atoms with E-state index >= 15 is 0 Å². The van der Waals surface area contributed by atoms with Crippen LogP contribution in [0.25, 0.3) is 0 Å². The van der Waals surface area contributed by atoms with Crippen molar-refractivity contribution >= 4 is 23.5 Å². The summed E-state index contributed by atoms with van der Waals surface area (Å²) in [6.07, 6.45) is 0. The van der Waals surface area contributed by atoms with E-state index in [0.717, 1.165) is 5.75 Å². The zero-order chi connectivity index (χ0) is 11.1. The molecule has 0 amide bonds. The Balaban J connectivity index is 4.42. The maximum atomic E-state index is 11.6. The lowest BCUT2D eigenvalue weighted by Crippen LogP contribution is -2.32. The van der Waals surface area contributed by atoms with E-state index in [9.17, 15) is 9.59 Å². The number of thioether (sulfide) groups is 1. The minimum atomic E-state index is -0.639. The van der Waals surface area contributed by atoms with Gasteiger partial charge in [-0.3, -0.25) is 9.59 Å². The standard InChI is InChI=1S/C10H18O3S/c1-5-13-10(12)9(14-6-2)8(11)7(3)4/h7,9H,5-6H2,1-4H3. The number of hydrogen-bond acceptors (Lipinski definition) is 4. The van der Waals surface area contributed by atoms with Gasteiger partial charge in [-0.05, 0) is 12.7 Å². The van der Waals surface area contributed by atoms with E-state index in [2.05, 4.69) is 0 Å². The highest BCUT2D eigenvalue weighted by atomic mass is 32.2. The Labute approximate surface area is 89.6 Å². The molecule has 0 heterocycles. The van der Waals surface area contributed by atoms with Gasteiger partial charge in [-0.1, -0.05) is 20.8 Å². The molecule has 0 aliphatic rings. The molecule has 1 atom stereocenters. The Bertz CT molecular complexity index is 202. The molecule has 0 bridgehead atoms. The van der Waals surface area contributed by atoms with Gasteiger partial charge in [0.25, 0.3) is 0 Å². The van der Waals surface area contributed by atoms with Crippen LogP contribution in [-0.4, -0.2) is 29.4 Å². The number of hydrogen-bond donors (Lipinski definition) is 0. The van der Waals surface area contributed by atoms with Crippen LogP contribution in [0, 0.1) is 5.92 Å². The third-order valence-corrected chi connectivity index (χ3v) is 2.75. The summed E-state index contributed by atoms with van der Waals surface area (Å²) in [6.45, 7) is 7.58. The van der Waals surface area contributed by atoms with E-state index in [1.54, 1.807) is 20.8 Å². The Kier molecular flexibility index (Phi) is 6.62. The van der Waals surface area contributed by atoms with E-state index in [1.807, 2.05) is 6.92 Å². The number of rotatable bonds is 6. The van der Waals surface area contributed by atoms with Crippen LogP contribution in [0.2, 0.25) is 0 Å². The van der Waals surface area contributed by atoms with Crippen molar-refractivity contribution in [3.05, 3.63) is 0 Å². The summed E-state index contributed by atoms with van der Waals surface area (Å²) in [4.78, 5) is 23.0. The molecule has 0 aromatic carbocycles. The van der Waals surface area contributed by atoms with Gasteiger partial charge in [0.05, 0.1) is 6.61 Å². The maximum Gasteiger partial charge on any atom is 0.326 e. The van der Waals surface area contributed by atoms with Crippen molar-refractivity contribution in [3.8, 4) is 0 Å². The third-order valence-electron chi connectivity index (χ3n) is 1.66. The molecule has 14 heavy (non-hydrogen) atoms. The molecule has 1 unspecified atom stereocenters. The van der Waals surface area contributed by atoms with Crippen molar-refractivity contribution < 1.29 is 14.3 Å². The van der Waals surface area contributed by atoms with Crippen LogP contribution in [0.1, 0.15) is 27.7 Å².